The molecule has 0 bridgehead atoms. The third kappa shape index (κ3) is 21.3. The summed E-state index contributed by atoms with van der Waals surface area (Å²) in [5, 5.41) is 26.2. The van der Waals surface area contributed by atoms with Crippen molar-refractivity contribution < 1.29 is 20.1 Å². The van der Waals surface area contributed by atoms with Crippen molar-refractivity contribution in [2.75, 3.05) is 0 Å². The van der Waals surface area contributed by atoms with Crippen molar-refractivity contribution in [2.45, 2.75) is 122 Å². The molecule has 0 aromatic carbocycles. The largest absolute Gasteiger partial charge is 0.344 e. The second-order valence-corrected chi connectivity index (χ2v) is 7.50. The lowest BCUT2D eigenvalue weighted by atomic mass is 10.0. The van der Waals surface area contributed by atoms with Crippen LogP contribution in [0, 0.1) is 0 Å². The lowest BCUT2D eigenvalue weighted by molar-refractivity contribution is -0.314. The van der Waals surface area contributed by atoms with Gasteiger partial charge in [-0.05, 0) is 38.5 Å². The number of hydrogen-bond acceptors (Lipinski definition) is 4. The summed E-state index contributed by atoms with van der Waals surface area (Å²) >= 11 is 0. The van der Waals surface area contributed by atoms with Crippen molar-refractivity contribution in [3.05, 3.63) is 12.2 Å². The predicted molar refractivity (Wildman–Crippen MR) is 108 cm³/mol. The van der Waals surface area contributed by atoms with Gasteiger partial charge in [0.2, 0.25) is 0 Å². The average Bonchev–Trinajstić information content (AvgIpc) is 2.57. The van der Waals surface area contributed by atoms with E-state index in [4.69, 9.17) is 15.3 Å². The molecule has 154 valence electrons. The Labute approximate surface area is 160 Å². The van der Waals surface area contributed by atoms with Gasteiger partial charge in [0.25, 0.3) is 5.97 Å². The van der Waals surface area contributed by atoms with Gasteiger partial charge in [-0.2, -0.15) is 0 Å². The lowest BCUT2D eigenvalue weighted by Crippen LogP contribution is -2.26. The van der Waals surface area contributed by atoms with E-state index in [-0.39, 0.29) is 12.2 Å². The van der Waals surface area contributed by atoms with E-state index < -0.39 is 5.97 Å². The molecule has 4 heteroatoms. The van der Waals surface area contributed by atoms with Gasteiger partial charge in [-0.1, -0.05) is 70.4 Å². The zero-order valence-corrected chi connectivity index (χ0v) is 16.9. The van der Waals surface area contributed by atoms with Crippen molar-refractivity contribution in [3.8, 4) is 0 Å². The van der Waals surface area contributed by atoms with Crippen LogP contribution in [0.1, 0.15) is 116 Å². The highest BCUT2D eigenvalue weighted by atomic mass is 16.7. The SMILES string of the molecule is CCCCCCCC/C=C\CCCCCCCC(=O)CCCC(O)(O)O. The van der Waals surface area contributed by atoms with Gasteiger partial charge in [-0.3, -0.25) is 4.79 Å². The first-order chi connectivity index (χ1) is 12.5. The Balaban J connectivity index is 3.25. The van der Waals surface area contributed by atoms with E-state index in [2.05, 4.69) is 19.1 Å². The minimum Gasteiger partial charge on any atom is -0.344 e. The molecule has 0 saturated carbocycles. The summed E-state index contributed by atoms with van der Waals surface area (Å²) < 4.78 is 0. The molecule has 0 radical (unpaired) electrons. The normalized spacial score (nSPS) is 12.2. The Morgan fingerprint density at radius 3 is 1.69 bits per heavy atom. The van der Waals surface area contributed by atoms with Gasteiger partial charge in [0.05, 0.1) is 0 Å². The van der Waals surface area contributed by atoms with Crippen LogP contribution in [-0.4, -0.2) is 27.1 Å². The maximum absolute atomic E-state index is 11.6. The molecule has 26 heavy (non-hydrogen) atoms. The molecular formula is C22H42O4. The molecule has 0 unspecified atom stereocenters. The summed E-state index contributed by atoms with van der Waals surface area (Å²) in [5.41, 5.74) is 0. The molecule has 0 fully saturated rings. The number of Topliss-reactive ketones (excluding diaryl/α,β-unsaturated/α-hetero) is 1. The van der Waals surface area contributed by atoms with Gasteiger partial charge < -0.3 is 15.3 Å². The first kappa shape index (κ1) is 25.3. The zero-order chi connectivity index (χ0) is 19.5. The second-order valence-electron chi connectivity index (χ2n) is 7.50. The summed E-state index contributed by atoms with van der Waals surface area (Å²) in [7, 11) is 0. The fourth-order valence-electron chi connectivity index (χ4n) is 3.04. The monoisotopic (exact) mass is 370 g/mol. The third-order valence-electron chi connectivity index (χ3n) is 4.69. The highest BCUT2D eigenvalue weighted by Gasteiger charge is 2.17. The number of unbranched alkanes of at least 4 members (excludes halogenated alkanes) is 11. The summed E-state index contributed by atoms with van der Waals surface area (Å²) in [5.74, 6) is -2.49. The summed E-state index contributed by atoms with van der Waals surface area (Å²) in [6.07, 6.45) is 21.8. The predicted octanol–water partition coefficient (Wildman–Crippen LogP) is 5.39. The van der Waals surface area contributed by atoms with Gasteiger partial charge in [-0.25, -0.2) is 0 Å². The highest BCUT2D eigenvalue weighted by molar-refractivity contribution is 5.78. The molecule has 0 atom stereocenters. The molecule has 0 heterocycles. The van der Waals surface area contributed by atoms with Gasteiger partial charge in [0.15, 0.2) is 0 Å². The van der Waals surface area contributed by atoms with E-state index in [0.717, 1.165) is 12.8 Å². The highest BCUT2D eigenvalue weighted by Crippen LogP contribution is 2.12. The lowest BCUT2D eigenvalue weighted by Gasteiger charge is -2.12. The quantitative estimate of drug-likeness (QED) is 0.162. The van der Waals surface area contributed by atoms with Gasteiger partial charge in [0, 0.05) is 19.3 Å². The van der Waals surface area contributed by atoms with E-state index in [1.807, 2.05) is 0 Å². The first-order valence-electron chi connectivity index (χ1n) is 10.8. The molecule has 3 N–H and O–H groups in total. The number of hydrogen-bond donors (Lipinski definition) is 3. The molecule has 0 saturated heterocycles. The van der Waals surface area contributed by atoms with Crippen LogP contribution >= 0.6 is 0 Å². The van der Waals surface area contributed by atoms with E-state index in [1.165, 1.54) is 70.6 Å². The minimum atomic E-state index is -2.64. The van der Waals surface area contributed by atoms with Crippen LogP contribution in [0.4, 0.5) is 0 Å². The molecule has 0 amide bonds. The standard InChI is InChI=1S/C22H42O4/c1-2-3-4-5-6-7-8-9-10-11-12-13-14-15-16-18-21(23)19-17-20-22(24,25)26/h9-10,24-26H,2-8,11-20H2,1H3/b10-9-. The van der Waals surface area contributed by atoms with Crippen molar-refractivity contribution in [1.82, 2.24) is 0 Å². The van der Waals surface area contributed by atoms with Crippen molar-refractivity contribution >= 4 is 5.78 Å². The fourth-order valence-corrected chi connectivity index (χ4v) is 3.04. The third-order valence-corrected chi connectivity index (χ3v) is 4.69. The number of carbonyl (C=O) groups is 1. The topological polar surface area (TPSA) is 77.8 Å². The van der Waals surface area contributed by atoms with Gasteiger partial charge in [0.1, 0.15) is 5.78 Å². The Morgan fingerprint density at radius 1 is 0.692 bits per heavy atom. The molecule has 0 aromatic heterocycles. The van der Waals surface area contributed by atoms with Gasteiger partial charge in [-0.15, -0.1) is 0 Å². The second kappa shape index (κ2) is 17.7. The van der Waals surface area contributed by atoms with Crippen LogP contribution in [0.2, 0.25) is 0 Å². The van der Waals surface area contributed by atoms with Crippen molar-refractivity contribution in [3.63, 3.8) is 0 Å². The molecule has 4 nitrogen and oxygen atoms in total. The average molecular weight is 371 g/mol. The minimum absolute atomic E-state index is 0.145. The number of allylic oxidation sites excluding steroid dienone is 2. The van der Waals surface area contributed by atoms with Crippen LogP contribution in [0.3, 0.4) is 0 Å². The molecule has 0 aliphatic carbocycles. The van der Waals surface area contributed by atoms with Crippen LogP contribution in [0.15, 0.2) is 12.2 Å². The Kier molecular flexibility index (Phi) is 17.2. The maximum atomic E-state index is 11.6. The summed E-state index contributed by atoms with van der Waals surface area (Å²) in [6.45, 7) is 2.25. The number of carbonyl (C=O) groups excluding carboxylic acids is 1. The van der Waals surface area contributed by atoms with Crippen molar-refractivity contribution in [1.29, 1.82) is 0 Å². The van der Waals surface area contributed by atoms with E-state index in [9.17, 15) is 4.79 Å². The molecule has 0 aromatic rings. The molecular weight excluding hydrogens is 328 g/mol. The number of rotatable bonds is 19. The number of ketones is 1. The molecule has 0 aliphatic heterocycles. The van der Waals surface area contributed by atoms with E-state index >= 15 is 0 Å². The molecule has 0 rings (SSSR count). The Hall–Kier alpha value is -0.710. The smallest absolute Gasteiger partial charge is 0.275 e. The first-order valence-corrected chi connectivity index (χ1v) is 10.8. The zero-order valence-electron chi connectivity index (χ0n) is 16.9. The van der Waals surface area contributed by atoms with Crippen LogP contribution in [0.25, 0.3) is 0 Å². The fraction of sp³-hybridized carbons (Fsp3) is 0.864. The summed E-state index contributed by atoms with van der Waals surface area (Å²) in [6, 6.07) is 0. The van der Waals surface area contributed by atoms with Crippen LogP contribution in [-0.2, 0) is 4.79 Å². The Bertz CT molecular complexity index is 345. The van der Waals surface area contributed by atoms with E-state index in [1.54, 1.807) is 0 Å². The maximum Gasteiger partial charge on any atom is 0.275 e. The molecule has 0 spiro atoms. The van der Waals surface area contributed by atoms with Crippen molar-refractivity contribution in [2.24, 2.45) is 0 Å². The van der Waals surface area contributed by atoms with Crippen LogP contribution in [0.5, 0.6) is 0 Å². The Morgan fingerprint density at radius 2 is 1.15 bits per heavy atom. The van der Waals surface area contributed by atoms with Crippen LogP contribution < -0.4 is 0 Å². The number of aliphatic hydroxyl groups is 3. The van der Waals surface area contributed by atoms with E-state index in [0.29, 0.717) is 19.3 Å². The van der Waals surface area contributed by atoms with Gasteiger partial charge >= 0.3 is 0 Å². The molecule has 0 aliphatic rings. The summed E-state index contributed by atoms with van der Waals surface area (Å²) in [4.78, 5) is 11.6.